The third-order valence-corrected chi connectivity index (χ3v) is 5.34. The van der Waals surface area contributed by atoms with Crippen LogP contribution >= 0.6 is 11.8 Å². The van der Waals surface area contributed by atoms with Crippen molar-refractivity contribution in [2.45, 2.75) is 17.9 Å². The van der Waals surface area contributed by atoms with Gasteiger partial charge in [-0.3, -0.25) is 9.25 Å². The first-order valence-corrected chi connectivity index (χ1v) is 10.2. The van der Waals surface area contributed by atoms with Crippen molar-refractivity contribution in [3.63, 3.8) is 0 Å². The molecule has 7 nitrogen and oxygen atoms in total. The molecule has 2 heterocycles. The van der Waals surface area contributed by atoms with Gasteiger partial charge in [-0.15, -0.1) is 10.2 Å². The minimum absolute atomic E-state index is 0.328. The van der Waals surface area contributed by atoms with Gasteiger partial charge >= 0.3 is 6.18 Å². The quantitative estimate of drug-likeness (QED) is 0.393. The van der Waals surface area contributed by atoms with Crippen molar-refractivity contribution in [1.29, 1.82) is 0 Å². The zero-order valence-corrected chi connectivity index (χ0v) is 17.1. The van der Waals surface area contributed by atoms with E-state index in [1.54, 1.807) is 53.0 Å². The van der Waals surface area contributed by atoms with E-state index >= 15 is 0 Å². The Hall–Kier alpha value is -3.34. The third-order valence-electron chi connectivity index (χ3n) is 4.43. The summed E-state index contributed by atoms with van der Waals surface area (Å²) in [6.45, 7) is 0.567. The van der Waals surface area contributed by atoms with Crippen LogP contribution in [0.1, 0.15) is 5.56 Å². The van der Waals surface area contributed by atoms with Crippen molar-refractivity contribution in [1.82, 2.24) is 29.5 Å². The lowest BCUT2D eigenvalue weighted by Gasteiger charge is -2.13. The van der Waals surface area contributed by atoms with Gasteiger partial charge in [-0.2, -0.15) is 18.3 Å². The summed E-state index contributed by atoms with van der Waals surface area (Å²) in [5.41, 5.74) is 0.292. The molecule has 0 aliphatic carbocycles. The van der Waals surface area contributed by atoms with E-state index in [1.807, 2.05) is 0 Å². The molecule has 0 unspecified atom stereocenters. The second-order valence-corrected chi connectivity index (χ2v) is 7.49. The molecule has 2 aromatic carbocycles. The molecule has 0 saturated heterocycles. The average molecular weight is 446 g/mol. The van der Waals surface area contributed by atoms with Crippen LogP contribution in [0.3, 0.4) is 0 Å². The SMILES string of the molecule is COc1ccc(-c2nnc(SCCn3cncn3)n2-c2cccc(C(F)(F)F)c2)cc1. The van der Waals surface area contributed by atoms with Gasteiger partial charge < -0.3 is 4.74 Å². The fourth-order valence-corrected chi connectivity index (χ4v) is 3.80. The Balaban J connectivity index is 1.72. The van der Waals surface area contributed by atoms with E-state index in [2.05, 4.69) is 20.3 Å². The molecule has 0 radical (unpaired) electrons. The molecule has 0 aliphatic rings. The van der Waals surface area contributed by atoms with Crippen molar-refractivity contribution >= 4 is 11.8 Å². The first-order valence-electron chi connectivity index (χ1n) is 9.18. The van der Waals surface area contributed by atoms with Gasteiger partial charge in [0.25, 0.3) is 0 Å². The Labute approximate surface area is 179 Å². The van der Waals surface area contributed by atoms with Gasteiger partial charge in [0, 0.05) is 11.3 Å². The Morgan fingerprint density at radius 1 is 1.06 bits per heavy atom. The van der Waals surface area contributed by atoms with E-state index in [-0.39, 0.29) is 0 Å². The summed E-state index contributed by atoms with van der Waals surface area (Å²) in [6, 6.07) is 12.2. The summed E-state index contributed by atoms with van der Waals surface area (Å²) in [7, 11) is 1.56. The molecular weight excluding hydrogens is 429 g/mol. The summed E-state index contributed by atoms with van der Waals surface area (Å²) < 4.78 is 48.4. The van der Waals surface area contributed by atoms with E-state index in [1.165, 1.54) is 24.2 Å². The standard InChI is InChI=1S/C20H17F3N6OS/c1-30-17-7-5-14(6-8-17)18-26-27-19(31-10-9-28-13-24-12-25-28)29(18)16-4-2-3-15(11-16)20(21,22)23/h2-8,11-13H,9-10H2,1H3. The largest absolute Gasteiger partial charge is 0.497 e. The third kappa shape index (κ3) is 4.71. The monoisotopic (exact) mass is 446 g/mol. The number of halogens is 3. The van der Waals surface area contributed by atoms with E-state index in [9.17, 15) is 13.2 Å². The van der Waals surface area contributed by atoms with Crippen LogP contribution in [0.15, 0.2) is 66.3 Å². The maximum atomic E-state index is 13.3. The van der Waals surface area contributed by atoms with Crippen LogP contribution in [-0.2, 0) is 12.7 Å². The summed E-state index contributed by atoms with van der Waals surface area (Å²) in [5, 5.41) is 13.0. The predicted octanol–water partition coefficient (Wildman–Crippen LogP) is 4.35. The summed E-state index contributed by atoms with van der Waals surface area (Å²) >= 11 is 1.37. The van der Waals surface area contributed by atoms with Gasteiger partial charge in [-0.05, 0) is 42.5 Å². The number of rotatable bonds is 7. The second kappa shape index (κ2) is 8.80. The minimum Gasteiger partial charge on any atom is -0.497 e. The first kappa shape index (κ1) is 20.9. The summed E-state index contributed by atoms with van der Waals surface area (Å²) in [6.07, 6.45) is -1.41. The van der Waals surface area contributed by atoms with Gasteiger partial charge in [0.05, 0.1) is 24.9 Å². The van der Waals surface area contributed by atoms with Crippen LogP contribution < -0.4 is 4.74 Å². The molecule has 11 heteroatoms. The number of benzene rings is 2. The highest BCUT2D eigenvalue weighted by molar-refractivity contribution is 7.99. The number of hydrogen-bond donors (Lipinski definition) is 0. The smallest absolute Gasteiger partial charge is 0.416 e. The number of nitrogens with zero attached hydrogens (tertiary/aromatic N) is 6. The highest BCUT2D eigenvalue weighted by atomic mass is 32.2. The summed E-state index contributed by atoms with van der Waals surface area (Å²) in [4.78, 5) is 3.90. The highest BCUT2D eigenvalue weighted by Crippen LogP contribution is 2.33. The first-order chi connectivity index (χ1) is 15.0. The predicted molar refractivity (Wildman–Crippen MR) is 109 cm³/mol. The van der Waals surface area contributed by atoms with Gasteiger partial charge in [0.2, 0.25) is 0 Å². The topological polar surface area (TPSA) is 70.7 Å². The Kier molecular flexibility index (Phi) is 5.94. The van der Waals surface area contributed by atoms with Crippen molar-refractivity contribution in [2.24, 2.45) is 0 Å². The summed E-state index contributed by atoms with van der Waals surface area (Å²) in [5.74, 6) is 1.69. The number of thioether (sulfide) groups is 1. The molecule has 0 saturated carbocycles. The molecule has 0 aliphatic heterocycles. The molecule has 0 bridgehead atoms. The molecule has 0 amide bonds. The van der Waals surface area contributed by atoms with Gasteiger partial charge in [-0.1, -0.05) is 17.8 Å². The van der Waals surface area contributed by atoms with Crippen LogP contribution in [0.2, 0.25) is 0 Å². The zero-order chi connectivity index (χ0) is 21.8. The molecule has 160 valence electrons. The number of hydrogen-bond acceptors (Lipinski definition) is 6. The lowest BCUT2D eigenvalue weighted by molar-refractivity contribution is -0.137. The minimum atomic E-state index is -4.45. The van der Waals surface area contributed by atoms with Crippen LogP contribution in [0.25, 0.3) is 17.1 Å². The lowest BCUT2D eigenvalue weighted by atomic mass is 10.1. The van der Waals surface area contributed by atoms with E-state index in [4.69, 9.17) is 4.74 Å². The molecule has 0 atom stereocenters. The number of ether oxygens (including phenoxy) is 1. The van der Waals surface area contributed by atoms with Crippen molar-refractivity contribution in [3.8, 4) is 22.8 Å². The van der Waals surface area contributed by atoms with Crippen molar-refractivity contribution in [3.05, 3.63) is 66.7 Å². The Morgan fingerprint density at radius 2 is 1.87 bits per heavy atom. The van der Waals surface area contributed by atoms with Gasteiger partial charge in [0.1, 0.15) is 18.4 Å². The normalized spacial score (nSPS) is 11.6. The molecule has 4 rings (SSSR count). The molecule has 2 aromatic heterocycles. The van der Waals surface area contributed by atoms with Gasteiger partial charge in [0.15, 0.2) is 11.0 Å². The number of aromatic nitrogens is 6. The maximum absolute atomic E-state index is 13.3. The zero-order valence-electron chi connectivity index (χ0n) is 16.3. The average Bonchev–Trinajstić information content (AvgIpc) is 3.43. The van der Waals surface area contributed by atoms with Crippen LogP contribution in [0, 0.1) is 0 Å². The fraction of sp³-hybridized carbons (Fsp3) is 0.200. The second-order valence-electron chi connectivity index (χ2n) is 6.43. The van der Waals surface area contributed by atoms with Crippen LogP contribution in [0.5, 0.6) is 5.75 Å². The van der Waals surface area contributed by atoms with E-state index < -0.39 is 11.7 Å². The molecule has 0 N–H and O–H groups in total. The highest BCUT2D eigenvalue weighted by Gasteiger charge is 2.31. The van der Waals surface area contributed by atoms with Gasteiger partial charge in [-0.25, -0.2) is 4.98 Å². The molecule has 4 aromatic rings. The Bertz CT molecular complexity index is 1140. The molecule has 0 spiro atoms. The molecule has 0 fully saturated rings. The number of alkyl halides is 3. The van der Waals surface area contributed by atoms with E-state index in [0.717, 1.165) is 12.1 Å². The molecule has 31 heavy (non-hydrogen) atoms. The van der Waals surface area contributed by atoms with Crippen molar-refractivity contribution < 1.29 is 17.9 Å². The Morgan fingerprint density at radius 3 is 2.55 bits per heavy atom. The van der Waals surface area contributed by atoms with Crippen LogP contribution in [-0.4, -0.2) is 42.4 Å². The van der Waals surface area contributed by atoms with E-state index in [0.29, 0.717) is 40.3 Å². The lowest BCUT2D eigenvalue weighted by Crippen LogP contribution is -2.07. The van der Waals surface area contributed by atoms with Crippen LogP contribution in [0.4, 0.5) is 13.2 Å². The number of aryl methyl sites for hydroxylation is 1. The fourth-order valence-electron chi connectivity index (χ4n) is 2.92. The maximum Gasteiger partial charge on any atom is 0.416 e. The number of methoxy groups -OCH3 is 1. The molecular formula is C20H17F3N6OS. The van der Waals surface area contributed by atoms with Crippen molar-refractivity contribution in [2.75, 3.05) is 12.9 Å².